The molecule has 0 bridgehead atoms. The molecule has 1 aromatic carbocycles. The summed E-state index contributed by atoms with van der Waals surface area (Å²) in [4.78, 5) is 4.13. The van der Waals surface area contributed by atoms with E-state index in [2.05, 4.69) is 15.5 Å². The Kier molecular flexibility index (Phi) is 5.48. The minimum Gasteiger partial charge on any atom is -0.336 e. The Labute approximate surface area is 162 Å². The lowest BCUT2D eigenvalue weighted by Crippen LogP contribution is -2.48. The van der Waals surface area contributed by atoms with Crippen LogP contribution in [0.4, 0.5) is 4.39 Å². The van der Waals surface area contributed by atoms with Crippen LogP contribution < -0.4 is 5.32 Å². The molecule has 1 aliphatic heterocycles. The summed E-state index contributed by atoms with van der Waals surface area (Å²) in [7, 11) is -3.82. The van der Waals surface area contributed by atoms with Crippen LogP contribution in [0.5, 0.6) is 0 Å². The normalized spacial score (nSPS) is 18.4. The van der Waals surface area contributed by atoms with E-state index in [4.69, 9.17) is 4.52 Å². The molecule has 1 N–H and O–H groups in total. The van der Waals surface area contributed by atoms with Crippen LogP contribution >= 0.6 is 12.4 Å². The van der Waals surface area contributed by atoms with Gasteiger partial charge >= 0.3 is 0 Å². The fourth-order valence-electron chi connectivity index (χ4n) is 3.17. The Morgan fingerprint density at radius 2 is 2.15 bits per heavy atom. The molecule has 1 atom stereocenters. The first-order valence-corrected chi connectivity index (χ1v) is 9.61. The Morgan fingerprint density at radius 1 is 1.33 bits per heavy atom. The van der Waals surface area contributed by atoms with Gasteiger partial charge in [-0.3, -0.25) is 0 Å². The number of nitrogens with zero attached hydrogens (tertiary/aromatic N) is 3. The summed E-state index contributed by atoms with van der Waals surface area (Å²) < 4.78 is 46.6. The van der Waals surface area contributed by atoms with Gasteiger partial charge in [0.1, 0.15) is 10.7 Å². The first kappa shape index (κ1) is 19.7. The molecule has 0 radical (unpaired) electrons. The minimum atomic E-state index is -3.82. The minimum absolute atomic E-state index is 0. The number of benzene rings is 1. The second-order valence-corrected chi connectivity index (χ2v) is 8.07. The van der Waals surface area contributed by atoms with Crippen molar-refractivity contribution in [2.45, 2.75) is 17.9 Å². The van der Waals surface area contributed by atoms with Gasteiger partial charge in [-0.05, 0) is 30.7 Å². The molecule has 7 nitrogen and oxygen atoms in total. The van der Waals surface area contributed by atoms with Gasteiger partial charge in [0.05, 0.1) is 23.3 Å². The molecule has 3 heterocycles. The van der Waals surface area contributed by atoms with E-state index >= 15 is 0 Å². The molecule has 10 heteroatoms. The molecule has 0 amide bonds. The third kappa shape index (κ3) is 3.55. The second kappa shape index (κ2) is 7.51. The van der Waals surface area contributed by atoms with Crippen molar-refractivity contribution in [1.82, 2.24) is 19.8 Å². The van der Waals surface area contributed by atoms with E-state index in [0.717, 1.165) is 0 Å². The number of aryl methyl sites for hydroxylation is 1. The van der Waals surface area contributed by atoms with Crippen LogP contribution in [0.25, 0.3) is 11.1 Å². The van der Waals surface area contributed by atoms with Crippen LogP contribution in [0.2, 0.25) is 0 Å². The van der Waals surface area contributed by atoms with Gasteiger partial charge in [-0.25, -0.2) is 17.8 Å². The molecule has 3 aromatic rings. The van der Waals surface area contributed by atoms with E-state index in [-0.39, 0.29) is 23.8 Å². The first-order valence-electron chi connectivity index (χ1n) is 8.17. The Bertz CT molecular complexity index is 1070. The van der Waals surface area contributed by atoms with Gasteiger partial charge in [0.15, 0.2) is 0 Å². The van der Waals surface area contributed by atoms with E-state index in [1.165, 1.54) is 28.7 Å². The average molecular weight is 413 g/mol. The van der Waals surface area contributed by atoms with Gasteiger partial charge in [0.2, 0.25) is 10.0 Å². The number of rotatable bonds is 3. The number of hydrogen-bond acceptors (Lipinski definition) is 6. The number of sulfonamides is 1. The fraction of sp³-hybridized carbons (Fsp3) is 0.294. The van der Waals surface area contributed by atoms with E-state index in [0.29, 0.717) is 35.4 Å². The maximum absolute atomic E-state index is 13.6. The standard InChI is InChI=1S/C17H17FN4O3S.ClH/c1-11-15-8-14(9-20-17(15)25-21-11)26(23,24)22-6-5-19-10-16(22)12-3-2-4-13(18)7-12;/h2-4,7-9,16,19H,5-6,10H2,1H3;1H. The lowest BCUT2D eigenvalue weighted by molar-refractivity contribution is 0.271. The Morgan fingerprint density at radius 3 is 2.93 bits per heavy atom. The summed E-state index contributed by atoms with van der Waals surface area (Å²) in [6, 6.07) is 7.04. The molecule has 27 heavy (non-hydrogen) atoms. The van der Waals surface area contributed by atoms with Crippen LogP contribution in [0.3, 0.4) is 0 Å². The van der Waals surface area contributed by atoms with E-state index < -0.39 is 21.9 Å². The highest BCUT2D eigenvalue weighted by atomic mass is 35.5. The van der Waals surface area contributed by atoms with Crippen molar-refractivity contribution in [3.05, 3.63) is 53.6 Å². The van der Waals surface area contributed by atoms with E-state index in [1.807, 2.05) is 0 Å². The molecular weight excluding hydrogens is 395 g/mol. The predicted molar refractivity (Wildman–Crippen MR) is 99.7 cm³/mol. The van der Waals surface area contributed by atoms with Crippen LogP contribution in [-0.2, 0) is 10.0 Å². The van der Waals surface area contributed by atoms with Crippen molar-refractivity contribution in [1.29, 1.82) is 0 Å². The molecule has 144 valence electrons. The van der Waals surface area contributed by atoms with Gasteiger partial charge in [-0.15, -0.1) is 12.4 Å². The first-order chi connectivity index (χ1) is 12.5. The van der Waals surface area contributed by atoms with Gasteiger partial charge in [-0.1, -0.05) is 17.3 Å². The zero-order valence-corrected chi connectivity index (χ0v) is 16.1. The molecule has 0 saturated carbocycles. The van der Waals surface area contributed by atoms with Gasteiger partial charge in [0.25, 0.3) is 5.71 Å². The third-order valence-corrected chi connectivity index (χ3v) is 6.39. The molecule has 4 rings (SSSR count). The fourth-order valence-corrected chi connectivity index (χ4v) is 4.76. The highest BCUT2D eigenvalue weighted by Gasteiger charge is 2.35. The molecule has 0 spiro atoms. The number of nitrogens with one attached hydrogen (secondary N) is 1. The molecule has 1 unspecified atom stereocenters. The predicted octanol–water partition coefficient (Wildman–Crippen LogP) is 2.43. The molecule has 2 aromatic heterocycles. The van der Waals surface area contributed by atoms with Crippen LogP contribution in [0, 0.1) is 12.7 Å². The largest absolute Gasteiger partial charge is 0.336 e. The Hall–Kier alpha value is -2.07. The van der Waals surface area contributed by atoms with E-state index in [9.17, 15) is 12.8 Å². The van der Waals surface area contributed by atoms with Crippen molar-refractivity contribution in [2.75, 3.05) is 19.6 Å². The van der Waals surface area contributed by atoms with Gasteiger partial charge in [-0.2, -0.15) is 4.31 Å². The smallest absolute Gasteiger partial charge is 0.257 e. The van der Waals surface area contributed by atoms with Crippen LogP contribution in [-0.4, -0.2) is 42.5 Å². The highest BCUT2D eigenvalue weighted by Crippen LogP contribution is 2.30. The number of fused-ring (bicyclic) bond motifs is 1. The quantitative estimate of drug-likeness (QED) is 0.710. The monoisotopic (exact) mass is 412 g/mol. The molecule has 1 fully saturated rings. The lowest BCUT2D eigenvalue weighted by atomic mass is 10.1. The zero-order valence-electron chi connectivity index (χ0n) is 14.4. The van der Waals surface area contributed by atoms with Crippen molar-refractivity contribution >= 4 is 33.5 Å². The summed E-state index contributed by atoms with van der Waals surface area (Å²) in [6.45, 7) is 2.94. The summed E-state index contributed by atoms with van der Waals surface area (Å²) in [6.07, 6.45) is 1.27. The Balaban J connectivity index is 0.00000210. The van der Waals surface area contributed by atoms with E-state index in [1.54, 1.807) is 19.1 Å². The summed E-state index contributed by atoms with van der Waals surface area (Å²) in [5.74, 6) is -0.395. The van der Waals surface area contributed by atoms with Crippen molar-refractivity contribution in [2.24, 2.45) is 0 Å². The topological polar surface area (TPSA) is 88.3 Å². The molecule has 0 aliphatic carbocycles. The van der Waals surface area contributed by atoms with Gasteiger partial charge in [0, 0.05) is 19.6 Å². The van der Waals surface area contributed by atoms with Gasteiger partial charge < -0.3 is 9.84 Å². The number of pyridine rings is 1. The summed E-state index contributed by atoms with van der Waals surface area (Å²) in [5.41, 5.74) is 1.48. The maximum Gasteiger partial charge on any atom is 0.257 e. The molecule has 1 aliphatic rings. The number of halogens is 2. The zero-order chi connectivity index (χ0) is 18.3. The molecular formula is C17H18ClFN4O3S. The van der Waals surface area contributed by atoms with Crippen LogP contribution in [0.15, 0.2) is 45.9 Å². The molecule has 1 saturated heterocycles. The SMILES string of the molecule is Cc1noc2ncc(S(=O)(=O)N3CCNCC3c3cccc(F)c3)cc12.Cl. The third-order valence-electron chi connectivity index (χ3n) is 4.52. The number of hydrogen-bond donors (Lipinski definition) is 1. The van der Waals surface area contributed by atoms with Crippen molar-refractivity contribution < 1.29 is 17.3 Å². The second-order valence-electron chi connectivity index (χ2n) is 6.18. The van der Waals surface area contributed by atoms with Crippen molar-refractivity contribution in [3.8, 4) is 0 Å². The summed E-state index contributed by atoms with van der Waals surface area (Å²) in [5, 5.41) is 7.54. The average Bonchev–Trinajstić information content (AvgIpc) is 3.02. The highest BCUT2D eigenvalue weighted by molar-refractivity contribution is 7.89. The summed E-state index contributed by atoms with van der Waals surface area (Å²) >= 11 is 0. The van der Waals surface area contributed by atoms with Crippen LogP contribution in [0.1, 0.15) is 17.3 Å². The maximum atomic E-state index is 13.6. The lowest BCUT2D eigenvalue weighted by Gasteiger charge is -2.35. The van der Waals surface area contributed by atoms with Crippen molar-refractivity contribution in [3.63, 3.8) is 0 Å². The number of piperazine rings is 1. The number of aromatic nitrogens is 2.